The van der Waals surface area contributed by atoms with Crippen LogP contribution >= 0.6 is 0 Å². The summed E-state index contributed by atoms with van der Waals surface area (Å²) >= 11 is 0. The van der Waals surface area contributed by atoms with Crippen LogP contribution in [0.5, 0.6) is 0 Å². The van der Waals surface area contributed by atoms with Crippen LogP contribution in [0.1, 0.15) is 33.7 Å². The number of benzene rings is 2. The van der Waals surface area contributed by atoms with Gasteiger partial charge in [-0.1, -0.05) is 18.2 Å². The summed E-state index contributed by atoms with van der Waals surface area (Å²) in [5.74, 6) is -0.625. The molecule has 8 heteroatoms. The van der Waals surface area contributed by atoms with Crippen LogP contribution in [0.3, 0.4) is 0 Å². The van der Waals surface area contributed by atoms with Gasteiger partial charge in [-0.05, 0) is 43.5 Å². The molecule has 0 aliphatic heterocycles. The maximum atomic E-state index is 13.3. The number of hydrogen-bond acceptors (Lipinski definition) is 4. The van der Waals surface area contributed by atoms with Crippen molar-refractivity contribution in [1.29, 1.82) is 0 Å². The summed E-state index contributed by atoms with van der Waals surface area (Å²) in [6.07, 6.45) is 2.46. The molecule has 0 saturated heterocycles. The van der Waals surface area contributed by atoms with Crippen LogP contribution in [-0.2, 0) is 19.4 Å². The van der Waals surface area contributed by atoms with Crippen molar-refractivity contribution in [2.24, 2.45) is 0 Å². The number of rotatable bonds is 5. The summed E-state index contributed by atoms with van der Waals surface area (Å²) in [4.78, 5) is 25.3. The second-order valence-electron chi connectivity index (χ2n) is 7.06. The molecule has 3 aromatic rings. The molecule has 0 N–H and O–H groups in total. The van der Waals surface area contributed by atoms with Gasteiger partial charge in [-0.15, -0.1) is 0 Å². The van der Waals surface area contributed by atoms with Gasteiger partial charge >= 0.3 is 0 Å². The molecule has 0 spiro atoms. The third kappa shape index (κ3) is 3.49. The van der Waals surface area contributed by atoms with E-state index in [0.29, 0.717) is 16.9 Å². The topological polar surface area (TPSA) is 81.3 Å². The Bertz CT molecular complexity index is 1090. The number of carbonyl (C=O) groups excluding carboxylic acids is 1. The fourth-order valence-corrected chi connectivity index (χ4v) is 3.74. The van der Waals surface area contributed by atoms with Crippen LogP contribution in [-0.4, -0.2) is 32.6 Å². The molecule has 29 heavy (non-hydrogen) atoms. The predicted octanol–water partition coefficient (Wildman–Crippen LogP) is 3.68. The van der Waals surface area contributed by atoms with Crippen molar-refractivity contribution in [3.05, 3.63) is 87.0 Å². The highest BCUT2D eigenvalue weighted by atomic mass is 19.1. The van der Waals surface area contributed by atoms with Crippen LogP contribution in [0, 0.1) is 15.9 Å². The van der Waals surface area contributed by atoms with E-state index in [0.717, 1.165) is 30.5 Å². The van der Waals surface area contributed by atoms with Crippen molar-refractivity contribution in [2.75, 3.05) is 7.05 Å². The molecular weight excluding hydrogens is 375 g/mol. The smallest absolute Gasteiger partial charge is 0.274 e. The van der Waals surface area contributed by atoms with E-state index in [-0.39, 0.29) is 24.0 Å². The number of hydrogen-bond donors (Lipinski definition) is 0. The molecule has 7 nitrogen and oxygen atoms in total. The number of nitrogens with zero attached hydrogens (tertiary/aromatic N) is 4. The summed E-state index contributed by atoms with van der Waals surface area (Å²) < 4.78 is 15.0. The lowest BCUT2D eigenvalue weighted by molar-refractivity contribution is -0.385. The predicted molar refractivity (Wildman–Crippen MR) is 104 cm³/mol. The standard InChI is InChI=1S/C21H19FN4O3/c1-24(13-14-5-2-3-7-18(14)26(28)29)21(27)20-17-6-4-8-19(17)25(23-20)16-11-9-15(22)10-12-16/h2-3,5,7,9-12H,4,6,8,13H2,1H3. The van der Waals surface area contributed by atoms with Crippen molar-refractivity contribution >= 4 is 11.6 Å². The van der Waals surface area contributed by atoms with Gasteiger partial charge < -0.3 is 4.90 Å². The normalized spacial score (nSPS) is 12.6. The van der Waals surface area contributed by atoms with Crippen LogP contribution in [0.25, 0.3) is 5.69 Å². The van der Waals surface area contributed by atoms with Crippen LogP contribution < -0.4 is 0 Å². The average molecular weight is 394 g/mol. The fourth-order valence-electron chi connectivity index (χ4n) is 3.74. The van der Waals surface area contributed by atoms with E-state index < -0.39 is 4.92 Å². The third-order valence-electron chi connectivity index (χ3n) is 5.15. The Labute approximate surface area is 166 Å². The number of carbonyl (C=O) groups is 1. The van der Waals surface area contributed by atoms with E-state index in [9.17, 15) is 19.3 Å². The molecule has 1 aliphatic rings. The average Bonchev–Trinajstić information content (AvgIpc) is 3.31. The molecule has 0 bridgehead atoms. The second-order valence-corrected chi connectivity index (χ2v) is 7.06. The van der Waals surface area contributed by atoms with E-state index in [1.54, 1.807) is 42.1 Å². The van der Waals surface area contributed by atoms with E-state index in [2.05, 4.69) is 5.10 Å². The first-order valence-corrected chi connectivity index (χ1v) is 9.30. The molecule has 0 radical (unpaired) electrons. The Morgan fingerprint density at radius 3 is 2.66 bits per heavy atom. The molecule has 1 amide bonds. The van der Waals surface area contributed by atoms with Gasteiger partial charge in [-0.2, -0.15) is 5.10 Å². The molecule has 148 valence electrons. The van der Waals surface area contributed by atoms with Gasteiger partial charge in [0.15, 0.2) is 5.69 Å². The summed E-state index contributed by atoms with van der Waals surface area (Å²) in [7, 11) is 1.61. The van der Waals surface area contributed by atoms with Crippen molar-refractivity contribution < 1.29 is 14.1 Å². The Kier molecular flexibility index (Phi) is 4.84. The summed E-state index contributed by atoms with van der Waals surface area (Å²) in [5.41, 5.74) is 3.35. The minimum atomic E-state index is -0.450. The zero-order valence-electron chi connectivity index (χ0n) is 15.8. The Morgan fingerprint density at radius 2 is 1.93 bits per heavy atom. The van der Waals surface area contributed by atoms with Crippen molar-refractivity contribution in [3.63, 3.8) is 0 Å². The van der Waals surface area contributed by atoms with Gasteiger partial charge in [0.2, 0.25) is 0 Å². The van der Waals surface area contributed by atoms with Crippen molar-refractivity contribution in [3.8, 4) is 5.69 Å². The number of aromatic nitrogens is 2. The lowest BCUT2D eigenvalue weighted by Gasteiger charge is -2.16. The molecule has 0 unspecified atom stereocenters. The lowest BCUT2D eigenvalue weighted by Crippen LogP contribution is -2.27. The molecule has 0 fully saturated rings. The first-order chi connectivity index (χ1) is 14.0. The summed E-state index contributed by atoms with van der Waals surface area (Å²) in [6.45, 7) is 0.105. The molecule has 1 aromatic heterocycles. The zero-order valence-corrected chi connectivity index (χ0v) is 15.8. The SMILES string of the molecule is CN(Cc1ccccc1[N+](=O)[O-])C(=O)c1nn(-c2ccc(F)cc2)c2c1CCC2. The Hall–Kier alpha value is -3.55. The number of nitro benzene ring substituents is 1. The van der Waals surface area contributed by atoms with Crippen LogP contribution in [0.4, 0.5) is 10.1 Å². The summed E-state index contributed by atoms with van der Waals surface area (Å²) in [5, 5.41) is 15.8. The van der Waals surface area contributed by atoms with Gasteiger partial charge in [0, 0.05) is 29.9 Å². The van der Waals surface area contributed by atoms with Crippen LogP contribution in [0.2, 0.25) is 0 Å². The highest BCUT2D eigenvalue weighted by Crippen LogP contribution is 2.29. The van der Waals surface area contributed by atoms with Crippen LogP contribution in [0.15, 0.2) is 48.5 Å². The molecule has 0 saturated carbocycles. The van der Waals surface area contributed by atoms with Gasteiger partial charge in [-0.25, -0.2) is 9.07 Å². The molecular formula is C21H19FN4O3. The quantitative estimate of drug-likeness (QED) is 0.488. The highest BCUT2D eigenvalue weighted by molar-refractivity contribution is 5.94. The Morgan fingerprint density at radius 1 is 1.21 bits per heavy atom. The van der Waals surface area contributed by atoms with E-state index in [1.807, 2.05) is 0 Å². The number of nitro groups is 1. The van der Waals surface area contributed by atoms with Gasteiger partial charge in [0.05, 0.1) is 17.2 Å². The molecule has 0 atom stereocenters. The Balaban J connectivity index is 1.65. The fraction of sp³-hybridized carbons (Fsp3) is 0.238. The maximum absolute atomic E-state index is 13.3. The minimum Gasteiger partial charge on any atom is -0.336 e. The van der Waals surface area contributed by atoms with Gasteiger partial charge in [0.25, 0.3) is 11.6 Å². The zero-order chi connectivity index (χ0) is 20.5. The first-order valence-electron chi connectivity index (χ1n) is 9.30. The summed E-state index contributed by atoms with van der Waals surface area (Å²) in [6, 6.07) is 12.4. The largest absolute Gasteiger partial charge is 0.336 e. The first kappa shape index (κ1) is 18.8. The maximum Gasteiger partial charge on any atom is 0.274 e. The molecule has 1 heterocycles. The number of amides is 1. The van der Waals surface area contributed by atoms with E-state index >= 15 is 0 Å². The minimum absolute atomic E-state index is 0.0192. The monoisotopic (exact) mass is 394 g/mol. The van der Waals surface area contributed by atoms with Gasteiger partial charge in [-0.3, -0.25) is 14.9 Å². The van der Waals surface area contributed by atoms with Crippen molar-refractivity contribution in [2.45, 2.75) is 25.8 Å². The molecule has 2 aromatic carbocycles. The number of fused-ring (bicyclic) bond motifs is 1. The van der Waals surface area contributed by atoms with Crippen molar-refractivity contribution in [1.82, 2.24) is 14.7 Å². The van der Waals surface area contributed by atoms with Gasteiger partial charge in [0.1, 0.15) is 5.82 Å². The van der Waals surface area contributed by atoms with E-state index in [4.69, 9.17) is 0 Å². The lowest BCUT2D eigenvalue weighted by atomic mass is 10.1. The number of para-hydroxylation sites is 1. The second kappa shape index (κ2) is 7.46. The molecule has 4 rings (SSSR count). The third-order valence-corrected chi connectivity index (χ3v) is 5.15. The highest BCUT2D eigenvalue weighted by Gasteiger charge is 2.29. The van der Waals surface area contributed by atoms with E-state index in [1.165, 1.54) is 23.1 Å². The molecule has 1 aliphatic carbocycles. The number of halogens is 1.